The molecule has 0 unspecified atom stereocenters. The molecule has 3 N–H and O–H groups in total. The number of pyridine rings is 1. The Kier molecular flexibility index (Phi) is 5.18. The van der Waals surface area contributed by atoms with Crippen LogP contribution >= 0.6 is 11.3 Å². The standard InChI is InChI=1S/C25H25N7O2S/c1-14(33)31-8-6-16(7-9-31)32-13-15(11-29-32)22-18-10-21(34-23(18)19(26)12-28-22)17-4-3-5-20-24(17)35-25(27-2)30-20/h3-5,10-13,16H,6-9,26H2,1-2H3,(H,27,30). The fourth-order valence-corrected chi connectivity index (χ4v) is 5.70. The van der Waals surface area contributed by atoms with Gasteiger partial charge in [-0.3, -0.25) is 14.5 Å². The van der Waals surface area contributed by atoms with E-state index in [1.165, 1.54) is 0 Å². The van der Waals surface area contributed by atoms with Crippen molar-refractivity contribution in [3.05, 3.63) is 42.9 Å². The van der Waals surface area contributed by atoms with Gasteiger partial charge in [0.15, 0.2) is 10.7 Å². The Hall–Kier alpha value is -3.92. The number of piperidine rings is 1. The summed E-state index contributed by atoms with van der Waals surface area (Å²) in [6.45, 7) is 3.13. The van der Waals surface area contributed by atoms with Gasteiger partial charge in [-0.05, 0) is 31.0 Å². The van der Waals surface area contributed by atoms with Crippen LogP contribution in [0.2, 0.25) is 0 Å². The predicted molar refractivity (Wildman–Crippen MR) is 138 cm³/mol. The molecule has 1 aliphatic rings. The molecule has 0 saturated carbocycles. The molecule has 35 heavy (non-hydrogen) atoms. The largest absolute Gasteiger partial charge is 0.454 e. The van der Waals surface area contributed by atoms with Crippen LogP contribution in [0.1, 0.15) is 25.8 Å². The van der Waals surface area contributed by atoms with Crippen molar-refractivity contribution in [3.63, 3.8) is 0 Å². The summed E-state index contributed by atoms with van der Waals surface area (Å²) in [5.41, 5.74) is 10.9. The SMILES string of the molecule is CNc1nc2cccc(-c3cc4c(-c5cnn(C6CCN(C(C)=O)CC6)c5)ncc(N)c4o3)c2s1. The van der Waals surface area contributed by atoms with E-state index in [2.05, 4.69) is 20.4 Å². The number of carbonyl (C=O) groups excluding carboxylic acids is 1. The molecule has 1 aliphatic heterocycles. The molecule has 6 rings (SSSR count). The molecule has 10 heteroatoms. The van der Waals surface area contributed by atoms with E-state index >= 15 is 0 Å². The number of nitrogen functional groups attached to an aromatic ring is 1. The normalized spacial score (nSPS) is 14.7. The molecule has 0 radical (unpaired) electrons. The molecule has 1 saturated heterocycles. The third kappa shape index (κ3) is 3.70. The van der Waals surface area contributed by atoms with Crippen LogP contribution in [0.15, 0.2) is 47.3 Å². The molecule has 1 aromatic carbocycles. The van der Waals surface area contributed by atoms with Crippen molar-refractivity contribution >= 4 is 49.2 Å². The number of anilines is 2. The Morgan fingerprint density at radius 3 is 2.86 bits per heavy atom. The summed E-state index contributed by atoms with van der Waals surface area (Å²) < 4.78 is 9.33. The number of aromatic nitrogens is 4. The van der Waals surface area contributed by atoms with E-state index in [0.717, 1.165) is 69.2 Å². The Morgan fingerprint density at radius 2 is 2.09 bits per heavy atom. The topological polar surface area (TPSA) is 115 Å². The van der Waals surface area contributed by atoms with E-state index in [9.17, 15) is 4.79 Å². The quantitative estimate of drug-likeness (QED) is 0.375. The Bertz CT molecular complexity index is 1560. The number of nitrogens with one attached hydrogen (secondary N) is 1. The van der Waals surface area contributed by atoms with Gasteiger partial charge >= 0.3 is 0 Å². The van der Waals surface area contributed by atoms with Crippen molar-refractivity contribution in [2.45, 2.75) is 25.8 Å². The first-order valence-electron chi connectivity index (χ1n) is 11.6. The Morgan fingerprint density at radius 1 is 1.26 bits per heavy atom. The van der Waals surface area contributed by atoms with Gasteiger partial charge in [-0.2, -0.15) is 5.10 Å². The molecule has 4 aromatic heterocycles. The van der Waals surface area contributed by atoms with Gasteiger partial charge in [0.25, 0.3) is 0 Å². The summed E-state index contributed by atoms with van der Waals surface area (Å²) in [6, 6.07) is 8.27. The number of likely N-dealkylation sites (tertiary alicyclic amines) is 1. The van der Waals surface area contributed by atoms with E-state index in [1.807, 2.05) is 53.3 Å². The lowest BCUT2D eigenvalue weighted by atomic mass is 10.1. The van der Waals surface area contributed by atoms with Crippen molar-refractivity contribution in [2.24, 2.45) is 0 Å². The molecule has 0 atom stereocenters. The van der Waals surface area contributed by atoms with Gasteiger partial charge in [0.1, 0.15) is 5.76 Å². The van der Waals surface area contributed by atoms with Crippen LogP contribution in [0.5, 0.6) is 0 Å². The van der Waals surface area contributed by atoms with Crippen molar-refractivity contribution in [1.82, 2.24) is 24.6 Å². The van der Waals surface area contributed by atoms with Crippen LogP contribution in [-0.2, 0) is 4.79 Å². The highest BCUT2D eigenvalue weighted by atomic mass is 32.1. The lowest BCUT2D eigenvalue weighted by Gasteiger charge is -2.31. The molecular formula is C25H25N7O2S. The molecular weight excluding hydrogens is 462 g/mol. The summed E-state index contributed by atoms with van der Waals surface area (Å²) in [6.07, 6.45) is 7.27. The number of hydrogen-bond acceptors (Lipinski definition) is 8. The molecule has 0 spiro atoms. The average Bonchev–Trinajstić information content (AvgIpc) is 3.62. The van der Waals surface area contributed by atoms with Crippen LogP contribution < -0.4 is 11.1 Å². The van der Waals surface area contributed by atoms with Crippen LogP contribution in [0.3, 0.4) is 0 Å². The highest BCUT2D eigenvalue weighted by Gasteiger charge is 2.24. The summed E-state index contributed by atoms with van der Waals surface area (Å²) in [4.78, 5) is 22.8. The number of hydrogen-bond donors (Lipinski definition) is 2. The van der Waals surface area contributed by atoms with Gasteiger partial charge in [-0.15, -0.1) is 0 Å². The van der Waals surface area contributed by atoms with Gasteiger partial charge in [-0.1, -0.05) is 17.4 Å². The number of carbonyl (C=O) groups is 1. The highest BCUT2D eigenvalue weighted by Crippen LogP contribution is 2.40. The van der Waals surface area contributed by atoms with E-state index in [4.69, 9.17) is 10.2 Å². The fraction of sp³-hybridized carbons (Fsp3) is 0.280. The van der Waals surface area contributed by atoms with Crippen molar-refractivity contribution in [3.8, 4) is 22.6 Å². The molecule has 1 amide bonds. The zero-order valence-electron chi connectivity index (χ0n) is 19.5. The summed E-state index contributed by atoms with van der Waals surface area (Å²) >= 11 is 1.59. The predicted octanol–water partition coefficient (Wildman–Crippen LogP) is 4.78. The third-order valence-corrected chi connectivity index (χ3v) is 7.76. The maximum Gasteiger partial charge on any atom is 0.219 e. The van der Waals surface area contributed by atoms with E-state index < -0.39 is 0 Å². The van der Waals surface area contributed by atoms with E-state index in [-0.39, 0.29) is 11.9 Å². The minimum Gasteiger partial charge on any atom is -0.454 e. The van der Waals surface area contributed by atoms with Crippen molar-refractivity contribution in [2.75, 3.05) is 31.2 Å². The maximum atomic E-state index is 11.6. The first-order valence-corrected chi connectivity index (χ1v) is 12.4. The summed E-state index contributed by atoms with van der Waals surface area (Å²) in [5, 5.41) is 9.45. The number of fused-ring (bicyclic) bond motifs is 2. The fourth-order valence-electron chi connectivity index (χ4n) is 4.76. The van der Waals surface area contributed by atoms with Crippen molar-refractivity contribution in [1.29, 1.82) is 0 Å². The zero-order chi connectivity index (χ0) is 24.1. The van der Waals surface area contributed by atoms with Gasteiger partial charge < -0.3 is 20.4 Å². The molecule has 5 heterocycles. The Labute approximate surface area is 205 Å². The second kappa shape index (κ2) is 8.38. The first kappa shape index (κ1) is 21.6. The van der Waals surface area contributed by atoms with Crippen LogP contribution in [0.4, 0.5) is 10.8 Å². The molecule has 178 valence electrons. The molecule has 0 aliphatic carbocycles. The number of rotatable bonds is 4. The second-order valence-corrected chi connectivity index (χ2v) is 9.78. The average molecular weight is 488 g/mol. The van der Waals surface area contributed by atoms with E-state index in [1.54, 1.807) is 24.5 Å². The number of nitrogens with zero attached hydrogens (tertiary/aromatic N) is 5. The third-order valence-electron chi connectivity index (χ3n) is 6.64. The Balaban J connectivity index is 1.38. The summed E-state index contributed by atoms with van der Waals surface area (Å²) in [7, 11) is 1.87. The van der Waals surface area contributed by atoms with Gasteiger partial charge in [0.2, 0.25) is 5.91 Å². The molecule has 1 fully saturated rings. The number of amides is 1. The molecule has 0 bridgehead atoms. The lowest BCUT2D eigenvalue weighted by Crippen LogP contribution is -2.37. The van der Waals surface area contributed by atoms with E-state index in [0.29, 0.717) is 11.3 Å². The van der Waals surface area contributed by atoms with Crippen LogP contribution in [0, 0.1) is 0 Å². The number of furan rings is 1. The highest BCUT2D eigenvalue weighted by molar-refractivity contribution is 7.22. The second-order valence-electron chi connectivity index (χ2n) is 8.78. The first-order chi connectivity index (χ1) is 17.0. The van der Waals surface area contributed by atoms with Gasteiger partial charge in [0.05, 0.1) is 40.0 Å². The maximum absolute atomic E-state index is 11.6. The van der Waals surface area contributed by atoms with Gasteiger partial charge in [-0.25, -0.2) is 4.98 Å². The molecule has 5 aromatic rings. The van der Waals surface area contributed by atoms with Crippen molar-refractivity contribution < 1.29 is 9.21 Å². The lowest BCUT2D eigenvalue weighted by molar-refractivity contribution is -0.130. The van der Waals surface area contributed by atoms with Crippen LogP contribution in [-0.4, -0.2) is 50.7 Å². The zero-order valence-corrected chi connectivity index (χ0v) is 20.3. The van der Waals surface area contributed by atoms with Crippen LogP contribution in [0.25, 0.3) is 43.8 Å². The number of nitrogens with two attached hydrogens (primary N) is 1. The summed E-state index contributed by atoms with van der Waals surface area (Å²) in [5.74, 6) is 0.854. The minimum absolute atomic E-state index is 0.130. The number of benzene rings is 1. The smallest absolute Gasteiger partial charge is 0.219 e. The minimum atomic E-state index is 0.130. The molecule has 9 nitrogen and oxygen atoms in total. The van der Waals surface area contributed by atoms with Gasteiger partial charge in [0, 0.05) is 49.8 Å². The monoisotopic (exact) mass is 487 g/mol. The number of thiazole rings is 1.